The number of fused-ring (bicyclic) bond motifs is 1. The van der Waals surface area contributed by atoms with Crippen LogP contribution >= 0.6 is 0 Å². The van der Waals surface area contributed by atoms with Crippen LogP contribution in [-0.2, 0) is 11.2 Å². The first-order valence-corrected chi connectivity index (χ1v) is 10.1. The van der Waals surface area contributed by atoms with Crippen molar-refractivity contribution >= 4 is 17.4 Å². The van der Waals surface area contributed by atoms with E-state index in [-0.39, 0.29) is 11.8 Å². The van der Waals surface area contributed by atoms with Gasteiger partial charge >= 0.3 is 5.91 Å². The van der Waals surface area contributed by atoms with Crippen molar-refractivity contribution in [1.82, 2.24) is 4.90 Å². The van der Waals surface area contributed by atoms with Gasteiger partial charge in [0.25, 0.3) is 5.78 Å². The van der Waals surface area contributed by atoms with Crippen LogP contribution in [0.1, 0.15) is 54.2 Å². The Balaban J connectivity index is 1.55. The Hall–Kier alpha value is -2.66. The zero-order valence-electron chi connectivity index (χ0n) is 16.5. The van der Waals surface area contributed by atoms with Gasteiger partial charge in [-0.3, -0.25) is 19.4 Å². The number of rotatable bonds is 6. The van der Waals surface area contributed by atoms with Crippen LogP contribution in [0.15, 0.2) is 42.5 Å². The number of benzene rings is 2. The summed E-state index contributed by atoms with van der Waals surface area (Å²) in [4.78, 5) is 29.1. The molecule has 0 spiro atoms. The summed E-state index contributed by atoms with van der Waals surface area (Å²) in [5.74, 6) is 0.0690. The minimum absolute atomic E-state index is 0.248. The number of ether oxygens (including phenoxy) is 1. The van der Waals surface area contributed by atoms with E-state index in [1.807, 2.05) is 44.2 Å². The summed E-state index contributed by atoms with van der Waals surface area (Å²) in [5, 5.41) is 0. The van der Waals surface area contributed by atoms with Crippen LogP contribution in [0.3, 0.4) is 0 Å². The van der Waals surface area contributed by atoms with Crippen molar-refractivity contribution in [2.45, 2.75) is 39.2 Å². The van der Waals surface area contributed by atoms with E-state index in [0.29, 0.717) is 18.8 Å². The quantitative estimate of drug-likeness (QED) is 0.714. The van der Waals surface area contributed by atoms with Crippen molar-refractivity contribution in [2.24, 2.45) is 0 Å². The van der Waals surface area contributed by atoms with Crippen LogP contribution < -0.4 is 9.64 Å². The third-order valence-electron chi connectivity index (χ3n) is 5.71. The van der Waals surface area contributed by atoms with E-state index < -0.39 is 5.91 Å². The molecule has 2 aliphatic rings. The van der Waals surface area contributed by atoms with E-state index in [1.54, 1.807) is 4.90 Å². The summed E-state index contributed by atoms with van der Waals surface area (Å²) in [7, 11) is 0. The van der Waals surface area contributed by atoms with Crippen molar-refractivity contribution < 1.29 is 14.3 Å². The number of carbonyl (C=O) groups is 2. The number of ketones is 1. The van der Waals surface area contributed by atoms with Crippen LogP contribution in [0, 0.1) is 0 Å². The largest absolute Gasteiger partial charge is 0.494 e. The minimum atomic E-state index is -0.416. The molecule has 0 aromatic heterocycles. The highest BCUT2D eigenvalue weighted by molar-refractivity contribution is 6.52. The molecule has 2 heterocycles. The molecule has 1 amide bonds. The Bertz CT molecular complexity index is 891. The number of nitrogens with zero attached hydrogens (tertiary/aromatic N) is 2. The zero-order valence-corrected chi connectivity index (χ0v) is 16.5. The molecule has 1 fully saturated rings. The molecule has 0 radical (unpaired) electrons. The molecule has 5 nitrogen and oxygen atoms in total. The van der Waals surface area contributed by atoms with Gasteiger partial charge in [-0.2, -0.15) is 0 Å². The molecule has 4 rings (SSSR count). The van der Waals surface area contributed by atoms with Crippen molar-refractivity contribution in [3.05, 3.63) is 59.2 Å². The van der Waals surface area contributed by atoms with E-state index in [0.717, 1.165) is 42.8 Å². The third-order valence-corrected chi connectivity index (χ3v) is 5.71. The van der Waals surface area contributed by atoms with Crippen LogP contribution in [0.5, 0.6) is 5.75 Å². The van der Waals surface area contributed by atoms with Crippen molar-refractivity contribution in [1.29, 1.82) is 0 Å². The molecule has 2 aromatic rings. The normalized spacial score (nSPS) is 19.4. The van der Waals surface area contributed by atoms with E-state index in [1.165, 1.54) is 5.56 Å². The van der Waals surface area contributed by atoms with Gasteiger partial charge in [0.05, 0.1) is 24.5 Å². The first-order chi connectivity index (χ1) is 13.6. The standard InChI is InChI=1S/C23H26N2O3/c1-3-16-7-12-21-19(14-16)22(26)23(27)25(21)15-24-13-5-6-20(24)17-8-10-18(11-9-17)28-4-2/h7-12,14,20H,3-6,13,15H2,1-2H3/t20-/m1/s1. The fourth-order valence-electron chi connectivity index (χ4n) is 4.22. The summed E-state index contributed by atoms with van der Waals surface area (Å²) in [6, 6.07) is 14.2. The predicted octanol–water partition coefficient (Wildman–Crippen LogP) is 3.97. The van der Waals surface area contributed by atoms with Gasteiger partial charge < -0.3 is 4.74 Å². The van der Waals surface area contributed by atoms with Gasteiger partial charge in [0, 0.05) is 12.6 Å². The number of hydrogen-bond acceptors (Lipinski definition) is 4. The summed E-state index contributed by atoms with van der Waals surface area (Å²) < 4.78 is 5.54. The first kappa shape index (κ1) is 18.7. The molecule has 0 aliphatic carbocycles. The van der Waals surface area contributed by atoms with E-state index in [2.05, 4.69) is 17.0 Å². The maximum atomic E-state index is 12.6. The van der Waals surface area contributed by atoms with Crippen molar-refractivity contribution in [2.75, 3.05) is 24.7 Å². The molecule has 1 saturated heterocycles. The lowest BCUT2D eigenvalue weighted by Gasteiger charge is -2.29. The van der Waals surface area contributed by atoms with Crippen LogP contribution in [0.2, 0.25) is 0 Å². The Kier molecular flexibility index (Phi) is 5.18. The molecule has 146 valence electrons. The maximum Gasteiger partial charge on any atom is 0.300 e. The molecule has 28 heavy (non-hydrogen) atoms. The number of carbonyl (C=O) groups excluding carboxylic acids is 2. The van der Waals surface area contributed by atoms with Crippen LogP contribution in [-0.4, -0.2) is 36.4 Å². The highest BCUT2D eigenvalue weighted by Crippen LogP contribution is 2.36. The lowest BCUT2D eigenvalue weighted by molar-refractivity contribution is -0.114. The summed E-state index contributed by atoms with van der Waals surface area (Å²) in [6.07, 6.45) is 2.97. The Morgan fingerprint density at radius 2 is 1.86 bits per heavy atom. The number of hydrogen-bond donors (Lipinski definition) is 0. The minimum Gasteiger partial charge on any atom is -0.494 e. The average Bonchev–Trinajstić information content (AvgIpc) is 3.27. The molecular weight excluding hydrogens is 352 g/mol. The Morgan fingerprint density at radius 1 is 1.07 bits per heavy atom. The summed E-state index contributed by atoms with van der Waals surface area (Å²) >= 11 is 0. The van der Waals surface area contributed by atoms with E-state index in [9.17, 15) is 9.59 Å². The Morgan fingerprint density at radius 3 is 2.57 bits per heavy atom. The number of amides is 1. The first-order valence-electron chi connectivity index (χ1n) is 10.1. The van der Waals surface area contributed by atoms with Gasteiger partial charge in [-0.15, -0.1) is 0 Å². The van der Waals surface area contributed by atoms with Gasteiger partial charge in [0.1, 0.15) is 5.75 Å². The van der Waals surface area contributed by atoms with E-state index >= 15 is 0 Å². The topological polar surface area (TPSA) is 49.9 Å². The van der Waals surface area contributed by atoms with Gasteiger partial charge in [-0.25, -0.2) is 0 Å². The average molecular weight is 378 g/mol. The predicted molar refractivity (Wildman–Crippen MR) is 109 cm³/mol. The van der Waals surface area contributed by atoms with Crippen molar-refractivity contribution in [3.63, 3.8) is 0 Å². The highest BCUT2D eigenvalue weighted by atomic mass is 16.5. The number of aryl methyl sites for hydroxylation is 1. The fourth-order valence-corrected chi connectivity index (χ4v) is 4.22. The fraction of sp³-hybridized carbons (Fsp3) is 0.391. The van der Waals surface area contributed by atoms with Gasteiger partial charge in [-0.05, 0) is 61.6 Å². The third kappa shape index (κ3) is 3.31. The summed E-state index contributed by atoms with van der Waals surface area (Å²) in [5.41, 5.74) is 3.58. The zero-order chi connectivity index (χ0) is 19.7. The number of anilines is 1. The van der Waals surface area contributed by atoms with Gasteiger partial charge in [0.15, 0.2) is 0 Å². The highest BCUT2D eigenvalue weighted by Gasteiger charge is 2.38. The van der Waals surface area contributed by atoms with Crippen LogP contribution in [0.4, 0.5) is 5.69 Å². The maximum absolute atomic E-state index is 12.6. The second-order valence-electron chi connectivity index (χ2n) is 7.38. The summed E-state index contributed by atoms with van der Waals surface area (Å²) in [6.45, 7) is 6.03. The van der Waals surface area contributed by atoms with Gasteiger partial charge in [0.2, 0.25) is 0 Å². The molecule has 5 heteroatoms. The second-order valence-corrected chi connectivity index (χ2v) is 7.38. The molecule has 0 unspecified atom stereocenters. The van der Waals surface area contributed by atoms with Crippen molar-refractivity contribution in [3.8, 4) is 5.75 Å². The van der Waals surface area contributed by atoms with E-state index in [4.69, 9.17) is 4.74 Å². The monoisotopic (exact) mass is 378 g/mol. The molecular formula is C23H26N2O3. The molecule has 1 atom stereocenters. The molecule has 0 bridgehead atoms. The number of likely N-dealkylation sites (tertiary alicyclic amines) is 1. The smallest absolute Gasteiger partial charge is 0.300 e. The van der Waals surface area contributed by atoms with Gasteiger partial charge in [-0.1, -0.05) is 25.1 Å². The molecule has 2 aliphatic heterocycles. The second kappa shape index (κ2) is 7.76. The number of Topliss-reactive ketones (excluding diaryl/α,β-unsaturated/α-hetero) is 1. The molecule has 0 saturated carbocycles. The van der Waals surface area contributed by atoms with Crippen LogP contribution in [0.25, 0.3) is 0 Å². The molecule has 0 N–H and O–H groups in total. The molecule has 2 aromatic carbocycles. The Labute approximate surface area is 165 Å². The lowest BCUT2D eigenvalue weighted by Crippen LogP contribution is -2.40. The SMILES string of the molecule is CCOc1ccc([C@H]2CCCN2CN2C(=O)C(=O)c3cc(CC)ccc32)cc1. The lowest BCUT2D eigenvalue weighted by atomic mass is 10.0.